The number of aliphatic imine (C=N–C) groups is 1. The number of furan rings is 2. The average Bonchev–Trinajstić information content (AvgIpc) is 3.14. The Bertz CT molecular complexity index is 614. The van der Waals surface area contributed by atoms with Gasteiger partial charge in [-0.1, -0.05) is 0 Å². The lowest BCUT2D eigenvalue weighted by molar-refractivity contribution is 0.0385. The minimum absolute atomic E-state index is 0.0338. The molecule has 2 atom stereocenters. The molecule has 0 amide bonds. The SMILES string of the molecule is CN=C(NCC(C)(O)c1ccco1)NC(C)c1ccc(C)o1. The van der Waals surface area contributed by atoms with Gasteiger partial charge in [0.15, 0.2) is 5.96 Å². The minimum atomic E-state index is -1.12. The van der Waals surface area contributed by atoms with E-state index in [0.29, 0.717) is 11.7 Å². The molecule has 0 aromatic carbocycles. The Balaban J connectivity index is 1.93. The van der Waals surface area contributed by atoms with Gasteiger partial charge in [0, 0.05) is 7.05 Å². The Morgan fingerprint density at radius 1 is 1.41 bits per heavy atom. The van der Waals surface area contributed by atoms with Gasteiger partial charge in [0.05, 0.1) is 18.8 Å². The molecule has 2 aromatic heterocycles. The first-order valence-corrected chi connectivity index (χ1v) is 7.22. The maximum atomic E-state index is 10.4. The summed E-state index contributed by atoms with van der Waals surface area (Å²) in [5.41, 5.74) is -1.12. The Labute approximate surface area is 130 Å². The molecule has 2 heterocycles. The Morgan fingerprint density at radius 2 is 2.18 bits per heavy atom. The number of guanidine groups is 1. The highest BCUT2D eigenvalue weighted by molar-refractivity contribution is 5.80. The van der Waals surface area contributed by atoms with Crippen molar-refractivity contribution in [3.8, 4) is 0 Å². The van der Waals surface area contributed by atoms with Crippen LogP contribution in [-0.4, -0.2) is 24.7 Å². The molecule has 2 aromatic rings. The maximum Gasteiger partial charge on any atom is 0.191 e. The van der Waals surface area contributed by atoms with Crippen molar-refractivity contribution in [1.29, 1.82) is 0 Å². The second-order valence-electron chi connectivity index (χ2n) is 5.49. The number of nitrogens with one attached hydrogen (secondary N) is 2. The predicted octanol–water partition coefficient (Wildman–Crippen LogP) is 2.31. The number of aryl methyl sites for hydroxylation is 1. The molecule has 0 saturated carbocycles. The topological polar surface area (TPSA) is 82.9 Å². The summed E-state index contributed by atoms with van der Waals surface area (Å²) in [6.45, 7) is 5.84. The summed E-state index contributed by atoms with van der Waals surface area (Å²) in [5.74, 6) is 2.78. The number of hydrogen-bond acceptors (Lipinski definition) is 4. The van der Waals surface area contributed by atoms with E-state index in [-0.39, 0.29) is 12.6 Å². The summed E-state index contributed by atoms with van der Waals surface area (Å²) < 4.78 is 10.8. The first kappa shape index (κ1) is 16.2. The molecule has 0 aliphatic carbocycles. The van der Waals surface area contributed by atoms with Gasteiger partial charge in [0.1, 0.15) is 22.9 Å². The zero-order chi connectivity index (χ0) is 16.2. The van der Waals surface area contributed by atoms with Crippen molar-refractivity contribution in [2.24, 2.45) is 4.99 Å². The van der Waals surface area contributed by atoms with E-state index >= 15 is 0 Å². The normalized spacial score (nSPS) is 16.1. The molecule has 2 rings (SSSR count). The van der Waals surface area contributed by atoms with Crippen LogP contribution >= 0.6 is 0 Å². The van der Waals surface area contributed by atoms with Crippen LogP contribution in [0.2, 0.25) is 0 Å². The fourth-order valence-electron chi connectivity index (χ4n) is 2.08. The highest BCUT2D eigenvalue weighted by atomic mass is 16.4. The van der Waals surface area contributed by atoms with Crippen LogP contribution in [0.5, 0.6) is 0 Å². The first-order chi connectivity index (χ1) is 10.4. The molecule has 22 heavy (non-hydrogen) atoms. The molecule has 6 heteroatoms. The van der Waals surface area contributed by atoms with Crippen molar-refractivity contribution in [2.45, 2.75) is 32.4 Å². The molecule has 0 spiro atoms. The average molecular weight is 305 g/mol. The lowest BCUT2D eigenvalue weighted by Gasteiger charge is -2.23. The van der Waals surface area contributed by atoms with E-state index in [1.165, 1.54) is 6.26 Å². The molecule has 0 fully saturated rings. The standard InChI is InChI=1S/C16H23N3O3/c1-11-7-8-13(22-11)12(2)19-15(17-4)18-10-16(3,20)14-6-5-9-21-14/h5-9,12,20H,10H2,1-4H3,(H2,17,18,19). The van der Waals surface area contributed by atoms with Crippen molar-refractivity contribution < 1.29 is 13.9 Å². The summed E-state index contributed by atoms with van der Waals surface area (Å²) in [5, 5.41) is 16.7. The smallest absolute Gasteiger partial charge is 0.191 e. The van der Waals surface area contributed by atoms with Gasteiger partial charge in [-0.25, -0.2) is 0 Å². The van der Waals surface area contributed by atoms with E-state index in [0.717, 1.165) is 11.5 Å². The van der Waals surface area contributed by atoms with Crippen molar-refractivity contribution in [3.05, 3.63) is 47.8 Å². The van der Waals surface area contributed by atoms with Crippen LogP contribution in [0.3, 0.4) is 0 Å². The maximum absolute atomic E-state index is 10.4. The second-order valence-corrected chi connectivity index (χ2v) is 5.49. The van der Waals surface area contributed by atoms with Crippen molar-refractivity contribution >= 4 is 5.96 Å². The van der Waals surface area contributed by atoms with Gasteiger partial charge in [-0.2, -0.15) is 0 Å². The fraction of sp³-hybridized carbons (Fsp3) is 0.438. The van der Waals surface area contributed by atoms with E-state index in [9.17, 15) is 5.11 Å². The molecular formula is C16H23N3O3. The summed E-state index contributed by atoms with van der Waals surface area (Å²) >= 11 is 0. The number of hydrogen-bond donors (Lipinski definition) is 3. The monoisotopic (exact) mass is 305 g/mol. The fourth-order valence-corrected chi connectivity index (χ4v) is 2.08. The number of rotatable bonds is 5. The predicted molar refractivity (Wildman–Crippen MR) is 84.6 cm³/mol. The van der Waals surface area contributed by atoms with Gasteiger partial charge < -0.3 is 24.6 Å². The van der Waals surface area contributed by atoms with Gasteiger partial charge >= 0.3 is 0 Å². The summed E-state index contributed by atoms with van der Waals surface area (Å²) in [6.07, 6.45) is 1.54. The highest BCUT2D eigenvalue weighted by Crippen LogP contribution is 2.20. The molecule has 0 aliphatic heterocycles. The summed E-state index contributed by atoms with van der Waals surface area (Å²) in [4.78, 5) is 4.16. The van der Waals surface area contributed by atoms with Crippen LogP contribution in [0.25, 0.3) is 0 Å². The van der Waals surface area contributed by atoms with Gasteiger partial charge in [-0.3, -0.25) is 4.99 Å². The molecule has 0 bridgehead atoms. The van der Waals surface area contributed by atoms with Gasteiger partial charge in [0.2, 0.25) is 0 Å². The third-order valence-electron chi connectivity index (χ3n) is 3.42. The Kier molecular flexibility index (Phi) is 4.92. The van der Waals surface area contributed by atoms with Gasteiger partial charge in [-0.05, 0) is 45.0 Å². The van der Waals surface area contributed by atoms with Crippen LogP contribution in [0.4, 0.5) is 0 Å². The van der Waals surface area contributed by atoms with E-state index in [1.807, 2.05) is 26.0 Å². The molecular weight excluding hydrogens is 282 g/mol. The minimum Gasteiger partial charge on any atom is -0.466 e. The van der Waals surface area contributed by atoms with Crippen LogP contribution in [0.1, 0.15) is 37.2 Å². The zero-order valence-corrected chi connectivity index (χ0v) is 13.4. The van der Waals surface area contributed by atoms with Crippen LogP contribution < -0.4 is 10.6 Å². The van der Waals surface area contributed by atoms with Crippen LogP contribution in [-0.2, 0) is 5.60 Å². The molecule has 3 N–H and O–H groups in total. The van der Waals surface area contributed by atoms with E-state index in [1.54, 1.807) is 26.1 Å². The molecule has 120 valence electrons. The van der Waals surface area contributed by atoms with Gasteiger partial charge in [0.25, 0.3) is 0 Å². The molecule has 0 aliphatic rings. The van der Waals surface area contributed by atoms with E-state index in [4.69, 9.17) is 8.83 Å². The molecule has 0 saturated heterocycles. The summed E-state index contributed by atoms with van der Waals surface area (Å²) in [6, 6.07) is 7.31. The van der Waals surface area contributed by atoms with Crippen molar-refractivity contribution in [1.82, 2.24) is 10.6 Å². The molecule has 6 nitrogen and oxygen atoms in total. The first-order valence-electron chi connectivity index (χ1n) is 7.22. The largest absolute Gasteiger partial charge is 0.466 e. The van der Waals surface area contributed by atoms with Crippen LogP contribution in [0.15, 0.2) is 44.4 Å². The highest BCUT2D eigenvalue weighted by Gasteiger charge is 2.26. The van der Waals surface area contributed by atoms with E-state index < -0.39 is 5.60 Å². The van der Waals surface area contributed by atoms with Crippen LogP contribution in [0, 0.1) is 6.92 Å². The zero-order valence-electron chi connectivity index (χ0n) is 13.4. The number of nitrogens with zero attached hydrogens (tertiary/aromatic N) is 1. The quantitative estimate of drug-likeness (QED) is 0.583. The van der Waals surface area contributed by atoms with Crippen molar-refractivity contribution in [2.75, 3.05) is 13.6 Å². The molecule has 0 radical (unpaired) electrons. The lowest BCUT2D eigenvalue weighted by atomic mass is 10.0. The molecule has 2 unspecified atom stereocenters. The number of aliphatic hydroxyl groups is 1. The third-order valence-corrected chi connectivity index (χ3v) is 3.42. The van der Waals surface area contributed by atoms with Gasteiger partial charge in [-0.15, -0.1) is 0 Å². The lowest BCUT2D eigenvalue weighted by Crippen LogP contribution is -2.45. The Morgan fingerprint density at radius 3 is 2.73 bits per heavy atom. The van der Waals surface area contributed by atoms with Crippen molar-refractivity contribution in [3.63, 3.8) is 0 Å². The Hall–Kier alpha value is -2.21. The summed E-state index contributed by atoms with van der Waals surface area (Å²) in [7, 11) is 1.68. The second kappa shape index (κ2) is 6.70. The third kappa shape index (κ3) is 3.92. The van der Waals surface area contributed by atoms with E-state index in [2.05, 4.69) is 15.6 Å².